The molecule has 19 heavy (non-hydrogen) atoms. The van der Waals surface area contributed by atoms with Gasteiger partial charge in [0.15, 0.2) is 0 Å². The molecule has 2 aliphatic rings. The van der Waals surface area contributed by atoms with Crippen LogP contribution in [0.2, 0.25) is 0 Å². The number of hydrogen-bond acceptors (Lipinski definition) is 2. The molecule has 4 heteroatoms. The minimum Gasteiger partial charge on any atom is -0.303 e. The highest BCUT2D eigenvalue weighted by Crippen LogP contribution is 2.47. The summed E-state index contributed by atoms with van der Waals surface area (Å²) >= 11 is 0. The van der Waals surface area contributed by atoms with Gasteiger partial charge in [-0.25, -0.2) is 8.78 Å². The van der Waals surface area contributed by atoms with E-state index in [1.165, 1.54) is 0 Å². The zero-order valence-corrected chi connectivity index (χ0v) is 11.2. The van der Waals surface area contributed by atoms with Gasteiger partial charge in [-0.3, -0.25) is 0 Å². The lowest BCUT2D eigenvalue weighted by Gasteiger charge is -2.39. The van der Waals surface area contributed by atoms with Crippen molar-refractivity contribution in [3.63, 3.8) is 0 Å². The van der Waals surface area contributed by atoms with Crippen molar-refractivity contribution in [1.82, 2.24) is 0 Å². The maximum Gasteiger partial charge on any atom is 0.253 e. The van der Waals surface area contributed by atoms with Gasteiger partial charge in [-0.05, 0) is 51.4 Å². The van der Waals surface area contributed by atoms with Crippen LogP contribution in [-0.4, -0.2) is 18.5 Å². The predicted octanol–water partition coefficient (Wildman–Crippen LogP) is 3.63. The molecule has 0 atom stereocenters. The quantitative estimate of drug-likeness (QED) is 0.732. The van der Waals surface area contributed by atoms with Crippen molar-refractivity contribution in [2.24, 2.45) is 23.7 Å². The lowest BCUT2D eigenvalue weighted by atomic mass is 9.71. The molecule has 0 radical (unpaired) electrons. The number of hydrogen-bond donors (Lipinski definition) is 0. The second-order valence-electron chi connectivity index (χ2n) is 6.17. The van der Waals surface area contributed by atoms with E-state index in [-0.39, 0.29) is 11.8 Å². The molecule has 2 saturated carbocycles. The topological polar surface area (TPSA) is 34.1 Å². The molecule has 2 aliphatic carbocycles. The van der Waals surface area contributed by atoms with Gasteiger partial charge in [0.2, 0.25) is 0 Å². The van der Waals surface area contributed by atoms with Crippen LogP contribution in [0.25, 0.3) is 0 Å². The van der Waals surface area contributed by atoms with Crippen LogP contribution in [-0.2, 0) is 9.59 Å². The van der Waals surface area contributed by atoms with E-state index in [4.69, 9.17) is 0 Å². The number of alkyl halides is 2. The van der Waals surface area contributed by atoms with Gasteiger partial charge in [0, 0.05) is 23.7 Å². The second-order valence-corrected chi connectivity index (χ2v) is 6.17. The summed E-state index contributed by atoms with van der Waals surface area (Å²) in [6.45, 7) is 0. The summed E-state index contributed by atoms with van der Waals surface area (Å²) < 4.78 is 29.0. The van der Waals surface area contributed by atoms with Gasteiger partial charge in [-0.15, -0.1) is 0 Å². The Balaban J connectivity index is 1.91. The number of halogens is 2. The molecule has 0 aromatic rings. The summed E-state index contributed by atoms with van der Waals surface area (Å²) in [5.41, 5.74) is 0. The van der Waals surface area contributed by atoms with Crippen molar-refractivity contribution in [3.8, 4) is 0 Å². The summed E-state index contributed by atoms with van der Waals surface area (Å²) in [4.78, 5) is 21.3. The molecule has 0 aromatic heterocycles. The number of rotatable bonds is 4. The minimum absolute atomic E-state index is 0.0159. The third kappa shape index (κ3) is 3.21. The molecular formula is C15H22F2O2. The molecule has 0 N–H and O–H groups in total. The van der Waals surface area contributed by atoms with Crippen LogP contribution in [0.15, 0.2) is 0 Å². The van der Waals surface area contributed by atoms with Crippen LogP contribution >= 0.6 is 0 Å². The standard InChI is InChI=1S/C15H22F2O2/c16-15(17,13-5-1-11(9-18)2-6-13)14-7-3-12(10-19)4-8-14/h9-14H,1-8H2. The molecule has 2 nitrogen and oxygen atoms in total. The molecular weight excluding hydrogens is 250 g/mol. The molecule has 2 rings (SSSR count). The van der Waals surface area contributed by atoms with E-state index in [0.29, 0.717) is 51.4 Å². The van der Waals surface area contributed by atoms with Gasteiger partial charge >= 0.3 is 0 Å². The Morgan fingerprint density at radius 1 is 0.684 bits per heavy atom. The summed E-state index contributed by atoms with van der Waals surface area (Å²) in [7, 11) is 0. The van der Waals surface area contributed by atoms with Crippen LogP contribution in [0.4, 0.5) is 8.78 Å². The average Bonchev–Trinajstić information content (AvgIpc) is 2.47. The van der Waals surface area contributed by atoms with Crippen LogP contribution in [0, 0.1) is 23.7 Å². The summed E-state index contributed by atoms with van der Waals surface area (Å²) in [6, 6.07) is 0. The zero-order valence-electron chi connectivity index (χ0n) is 11.2. The largest absolute Gasteiger partial charge is 0.303 e. The molecule has 0 aliphatic heterocycles. The number of aldehydes is 2. The first-order valence-corrected chi connectivity index (χ1v) is 7.36. The van der Waals surface area contributed by atoms with Gasteiger partial charge in [-0.1, -0.05) is 0 Å². The second kappa shape index (κ2) is 6.10. The predicted molar refractivity (Wildman–Crippen MR) is 68.0 cm³/mol. The molecule has 0 amide bonds. The van der Waals surface area contributed by atoms with Gasteiger partial charge in [-0.2, -0.15) is 0 Å². The molecule has 0 aromatic carbocycles. The smallest absolute Gasteiger partial charge is 0.253 e. The fourth-order valence-corrected chi connectivity index (χ4v) is 3.61. The van der Waals surface area contributed by atoms with Crippen LogP contribution in [0.1, 0.15) is 51.4 Å². The molecule has 0 spiro atoms. The fourth-order valence-electron chi connectivity index (χ4n) is 3.61. The Morgan fingerprint density at radius 3 is 1.26 bits per heavy atom. The first-order chi connectivity index (χ1) is 9.07. The molecule has 0 saturated heterocycles. The summed E-state index contributed by atoms with van der Waals surface area (Å²) in [5, 5.41) is 0. The molecule has 108 valence electrons. The molecule has 0 unspecified atom stereocenters. The van der Waals surface area contributed by atoms with E-state index in [1.807, 2.05) is 0 Å². The van der Waals surface area contributed by atoms with E-state index in [9.17, 15) is 18.4 Å². The Hall–Kier alpha value is -0.800. The van der Waals surface area contributed by atoms with E-state index in [0.717, 1.165) is 12.6 Å². The van der Waals surface area contributed by atoms with Crippen LogP contribution < -0.4 is 0 Å². The van der Waals surface area contributed by atoms with Crippen molar-refractivity contribution < 1.29 is 18.4 Å². The Bertz CT molecular complexity index is 284. The van der Waals surface area contributed by atoms with Crippen molar-refractivity contribution in [2.45, 2.75) is 57.3 Å². The fraction of sp³-hybridized carbons (Fsp3) is 0.867. The summed E-state index contributed by atoms with van der Waals surface area (Å²) in [5.74, 6) is -3.79. The third-order valence-corrected chi connectivity index (χ3v) is 5.02. The molecule has 2 fully saturated rings. The van der Waals surface area contributed by atoms with Gasteiger partial charge in [0.05, 0.1) is 0 Å². The molecule has 0 bridgehead atoms. The van der Waals surface area contributed by atoms with Gasteiger partial charge in [0.25, 0.3) is 5.92 Å². The van der Waals surface area contributed by atoms with Crippen molar-refractivity contribution in [1.29, 1.82) is 0 Å². The first-order valence-electron chi connectivity index (χ1n) is 7.36. The van der Waals surface area contributed by atoms with Crippen molar-refractivity contribution in [3.05, 3.63) is 0 Å². The Kier molecular flexibility index (Phi) is 4.69. The minimum atomic E-state index is -2.62. The van der Waals surface area contributed by atoms with Crippen LogP contribution in [0.3, 0.4) is 0 Å². The van der Waals surface area contributed by atoms with Crippen molar-refractivity contribution in [2.75, 3.05) is 0 Å². The van der Waals surface area contributed by atoms with E-state index >= 15 is 0 Å². The highest BCUT2D eigenvalue weighted by molar-refractivity contribution is 5.53. The monoisotopic (exact) mass is 272 g/mol. The highest BCUT2D eigenvalue weighted by atomic mass is 19.3. The summed E-state index contributed by atoms with van der Waals surface area (Å²) in [6.07, 6.45) is 6.08. The highest BCUT2D eigenvalue weighted by Gasteiger charge is 2.48. The SMILES string of the molecule is O=CC1CCC(C(F)(F)C2CCC(C=O)CC2)CC1. The average molecular weight is 272 g/mol. The van der Waals surface area contributed by atoms with E-state index in [2.05, 4.69) is 0 Å². The maximum atomic E-state index is 14.5. The normalized spacial score (nSPS) is 36.7. The number of carbonyl (C=O) groups excluding carboxylic acids is 2. The Morgan fingerprint density at radius 2 is 1.00 bits per heavy atom. The Labute approximate surface area is 112 Å². The van der Waals surface area contributed by atoms with Crippen molar-refractivity contribution >= 4 is 12.6 Å². The first kappa shape index (κ1) is 14.6. The third-order valence-electron chi connectivity index (χ3n) is 5.02. The van der Waals surface area contributed by atoms with Crippen LogP contribution in [0.5, 0.6) is 0 Å². The van der Waals surface area contributed by atoms with E-state index in [1.54, 1.807) is 0 Å². The molecule has 0 heterocycles. The maximum absolute atomic E-state index is 14.5. The number of carbonyl (C=O) groups is 2. The van der Waals surface area contributed by atoms with Gasteiger partial charge in [0.1, 0.15) is 12.6 Å². The zero-order chi connectivity index (χ0) is 13.9. The van der Waals surface area contributed by atoms with Gasteiger partial charge < -0.3 is 9.59 Å². The lowest BCUT2D eigenvalue weighted by Crippen LogP contribution is -2.40. The lowest BCUT2D eigenvalue weighted by molar-refractivity contribution is -0.138. The van der Waals surface area contributed by atoms with E-state index < -0.39 is 17.8 Å².